The molecule has 0 aliphatic rings. The number of rotatable bonds is 10. The Morgan fingerprint density at radius 1 is 1.33 bits per heavy atom. The first-order chi connectivity index (χ1) is 8.55. The summed E-state index contributed by atoms with van der Waals surface area (Å²) in [6.45, 7) is 2.37. The molecule has 0 aromatic rings. The summed E-state index contributed by atoms with van der Waals surface area (Å²) in [4.78, 5) is 11.4. The number of ether oxygens (including phenoxy) is 2. The molecule has 0 aromatic carbocycles. The number of carbonyl (C=O) groups is 1. The largest absolute Gasteiger partial charge is 0.463 e. The van der Waals surface area contributed by atoms with Gasteiger partial charge in [-0.15, -0.1) is 19.2 Å². The van der Waals surface area contributed by atoms with Crippen molar-refractivity contribution in [3.05, 3.63) is 12.7 Å². The van der Waals surface area contributed by atoms with Crippen LogP contribution in [0.15, 0.2) is 12.7 Å². The van der Waals surface area contributed by atoms with Crippen molar-refractivity contribution in [1.82, 2.24) is 0 Å². The number of carbonyl (C=O) groups excluding carboxylic acids is 1. The van der Waals surface area contributed by atoms with Crippen LogP contribution in [0.3, 0.4) is 0 Å². The Bertz CT molecular complexity index is 246. The van der Waals surface area contributed by atoms with E-state index in [9.17, 15) is 4.79 Å². The van der Waals surface area contributed by atoms with Gasteiger partial charge in [0.2, 0.25) is 0 Å². The summed E-state index contributed by atoms with van der Waals surface area (Å²) in [7, 11) is 0. The van der Waals surface area contributed by atoms with Crippen LogP contribution in [0.1, 0.15) is 6.42 Å². The Morgan fingerprint density at radius 2 is 1.89 bits per heavy atom. The van der Waals surface area contributed by atoms with Crippen molar-refractivity contribution in [3.63, 3.8) is 0 Å². The van der Waals surface area contributed by atoms with E-state index in [-0.39, 0.29) is 19.6 Å². The van der Waals surface area contributed by atoms with Gasteiger partial charge in [-0.05, 0) is 6.42 Å². The first-order valence-corrected chi connectivity index (χ1v) is 5.96. The molecular weight excluding hydrogens is 260 g/mol. The molecule has 0 saturated heterocycles. The van der Waals surface area contributed by atoms with Crippen LogP contribution in [0.4, 0.5) is 0 Å². The highest BCUT2D eigenvalue weighted by atomic mass is 32.1. The summed E-state index contributed by atoms with van der Waals surface area (Å²) in [6, 6.07) is 0. The zero-order chi connectivity index (χ0) is 14.0. The van der Waals surface area contributed by atoms with Gasteiger partial charge in [0.1, 0.15) is 0 Å². The number of aliphatic hydroxyl groups excluding tert-OH is 3. The molecule has 0 fully saturated rings. The van der Waals surface area contributed by atoms with Gasteiger partial charge in [0.05, 0.1) is 33.0 Å². The van der Waals surface area contributed by atoms with Gasteiger partial charge in [-0.25, -0.2) is 4.79 Å². The van der Waals surface area contributed by atoms with Gasteiger partial charge in [0.25, 0.3) is 0 Å². The molecular formula is C11H20O6S. The van der Waals surface area contributed by atoms with E-state index in [0.29, 0.717) is 0 Å². The number of aliphatic hydroxyl groups is 3. The molecule has 0 aliphatic heterocycles. The van der Waals surface area contributed by atoms with Crippen LogP contribution in [0, 0.1) is 5.41 Å². The van der Waals surface area contributed by atoms with Crippen molar-refractivity contribution in [3.8, 4) is 0 Å². The molecule has 7 heteroatoms. The van der Waals surface area contributed by atoms with Crippen molar-refractivity contribution < 1.29 is 29.6 Å². The fraction of sp³-hybridized carbons (Fsp3) is 0.727. The molecule has 0 aromatic heterocycles. The van der Waals surface area contributed by atoms with Gasteiger partial charge in [0.15, 0.2) is 5.44 Å². The van der Waals surface area contributed by atoms with Crippen LogP contribution in [-0.4, -0.2) is 59.8 Å². The zero-order valence-electron chi connectivity index (χ0n) is 10.1. The Kier molecular flexibility index (Phi) is 9.03. The van der Waals surface area contributed by atoms with E-state index in [1.807, 2.05) is 0 Å². The third-order valence-electron chi connectivity index (χ3n) is 2.46. The third-order valence-corrected chi connectivity index (χ3v) is 2.82. The molecule has 18 heavy (non-hydrogen) atoms. The minimum absolute atomic E-state index is 0.0466. The molecule has 0 heterocycles. The normalized spacial score (nSPS) is 13.1. The van der Waals surface area contributed by atoms with Crippen LogP contribution in [0.2, 0.25) is 0 Å². The SMILES string of the molecule is C=CCOC(S)C(=O)OCCC(CO)(CO)CO. The average molecular weight is 280 g/mol. The highest BCUT2D eigenvalue weighted by molar-refractivity contribution is 7.81. The molecule has 0 aliphatic carbocycles. The third kappa shape index (κ3) is 5.83. The molecule has 0 saturated carbocycles. The van der Waals surface area contributed by atoms with Gasteiger partial charge >= 0.3 is 5.97 Å². The van der Waals surface area contributed by atoms with Gasteiger partial charge in [-0.2, -0.15) is 0 Å². The molecule has 6 nitrogen and oxygen atoms in total. The second-order valence-electron chi connectivity index (χ2n) is 3.87. The summed E-state index contributed by atoms with van der Waals surface area (Å²) in [5, 5.41) is 27.2. The Morgan fingerprint density at radius 3 is 2.33 bits per heavy atom. The van der Waals surface area contributed by atoms with E-state index >= 15 is 0 Å². The highest BCUT2D eigenvalue weighted by Crippen LogP contribution is 2.20. The molecule has 0 spiro atoms. The van der Waals surface area contributed by atoms with Crippen molar-refractivity contribution in [1.29, 1.82) is 0 Å². The standard InChI is InChI=1S/C11H20O6S/c1-2-4-17-10(18)9(15)16-5-3-11(6-12,7-13)8-14/h2,10,12-14,18H,1,3-8H2. The van der Waals surface area contributed by atoms with Crippen LogP contribution in [-0.2, 0) is 14.3 Å². The fourth-order valence-electron chi connectivity index (χ4n) is 1.05. The smallest absolute Gasteiger partial charge is 0.345 e. The molecule has 3 N–H and O–H groups in total. The fourth-order valence-corrected chi connectivity index (χ4v) is 1.21. The maximum absolute atomic E-state index is 11.4. The highest BCUT2D eigenvalue weighted by Gasteiger charge is 2.28. The lowest BCUT2D eigenvalue weighted by Gasteiger charge is -2.26. The maximum atomic E-state index is 11.4. The lowest BCUT2D eigenvalue weighted by atomic mass is 9.88. The van der Waals surface area contributed by atoms with E-state index in [1.54, 1.807) is 0 Å². The number of thiol groups is 1. The summed E-state index contributed by atoms with van der Waals surface area (Å²) in [5.41, 5.74) is -2.05. The van der Waals surface area contributed by atoms with Crippen molar-refractivity contribution >= 4 is 18.6 Å². The lowest BCUT2D eigenvalue weighted by molar-refractivity contribution is -0.152. The Hall–Kier alpha value is -0.600. The molecule has 0 rings (SSSR count). The molecule has 106 valence electrons. The first-order valence-electron chi connectivity index (χ1n) is 5.45. The van der Waals surface area contributed by atoms with Crippen LogP contribution >= 0.6 is 12.6 Å². The predicted molar refractivity (Wildman–Crippen MR) is 68.2 cm³/mol. The zero-order valence-corrected chi connectivity index (χ0v) is 11.0. The topological polar surface area (TPSA) is 96.2 Å². The molecule has 0 radical (unpaired) electrons. The molecule has 0 amide bonds. The van der Waals surface area contributed by atoms with E-state index in [1.165, 1.54) is 6.08 Å². The maximum Gasteiger partial charge on any atom is 0.345 e. The minimum Gasteiger partial charge on any atom is -0.463 e. The monoisotopic (exact) mass is 280 g/mol. The number of hydrogen-bond donors (Lipinski definition) is 4. The van der Waals surface area contributed by atoms with Gasteiger partial charge < -0.3 is 24.8 Å². The van der Waals surface area contributed by atoms with E-state index in [2.05, 4.69) is 19.2 Å². The van der Waals surface area contributed by atoms with E-state index in [0.717, 1.165) is 0 Å². The first kappa shape index (κ1) is 17.4. The summed E-state index contributed by atoms with van der Waals surface area (Å²) in [6.07, 6.45) is 1.62. The molecule has 1 atom stereocenters. The molecule has 0 bridgehead atoms. The second-order valence-corrected chi connectivity index (χ2v) is 4.34. The number of esters is 1. The lowest BCUT2D eigenvalue weighted by Crippen LogP contribution is -2.36. The van der Waals surface area contributed by atoms with Crippen molar-refractivity contribution in [2.45, 2.75) is 11.9 Å². The van der Waals surface area contributed by atoms with Gasteiger partial charge in [-0.3, -0.25) is 0 Å². The quantitative estimate of drug-likeness (QED) is 0.184. The Balaban J connectivity index is 4.02. The van der Waals surface area contributed by atoms with Crippen LogP contribution in [0.5, 0.6) is 0 Å². The van der Waals surface area contributed by atoms with E-state index < -0.39 is 36.6 Å². The average Bonchev–Trinajstić information content (AvgIpc) is 2.41. The minimum atomic E-state index is -1.05. The van der Waals surface area contributed by atoms with Crippen molar-refractivity contribution in [2.75, 3.05) is 33.0 Å². The summed E-state index contributed by atoms with van der Waals surface area (Å²) >= 11 is 3.88. The summed E-state index contributed by atoms with van der Waals surface area (Å²) < 4.78 is 9.79. The predicted octanol–water partition coefficient (Wildman–Crippen LogP) is -0.659. The van der Waals surface area contributed by atoms with Crippen LogP contribution in [0.25, 0.3) is 0 Å². The number of hydrogen-bond acceptors (Lipinski definition) is 7. The van der Waals surface area contributed by atoms with Gasteiger partial charge in [0, 0.05) is 5.41 Å². The van der Waals surface area contributed by atoms with Crippen molar-refractivity contribution in [2.24, 2.45) is 5.41 Å². The Labute approximate surface area is 112 Å². The van der Waals surface area contributed by atoms with E-state index in [4.69, 9.17) is 24.8 Å². The second kappa shape index (κ2) is 9.35. The summed E-state index contributed by atoms with van der Waals surface area (Å²) in [5.74, 6) is -0.664. The molecule has 1 unspecified atom stereocenters. The van der Waals surface area contributed by atoms with Crippen LogP contribution < -0.4 is 0 Å². The van der Waals surface area contributed by atoms with Gasteiger partial charge in [-0.1, -0.05) is 6.08 Å².